The first-order valence-corrected chi connectivity index (χ1v) is 9.13. The average molecular weight is 365 g/mol. The topological polar surface area (TPSA) is 88.4 Å². The summed E-state index contributed by atoms with van der Waals surface area (Å²) in [6.45, 7) is 3.05. The number of fused-ring (bicyclic) bond motifs is 1. The van der Waals surface area contributed by atoms with Gasteiger partial charge in [0.15, 0.2) is 5.69 Å². The summed E-state index contributed by atoms with van der Waals surface area (Å²) in [5, 5.41) is 5.71. The molecule has 0 radical (unpaired) electrons. The standard InChI is InChI=1S/C20H23N5O2/c1-2-3-5-11-22-20(27)18-24-17(16-9-4-6-12-25(16)18)19(26)23-14-15-8-7-10-21-13-15/h4,6-10,12-13H,2-3,5,11,14H2,1H3,(H,22,27)(H,23,26). The van der Waals surface area contributed by atoms with E-state index in [9.17, 15) is 9.59 Å². The van der Waals surface area contributed by atoms with Crippen molar-refractivity contribution < 1.29 is 9.59 Å². The number of imidazole rings is 1. The minimum Gasteiger partial charge on any atom is -0.349 e. The molecule has 0 aromatic carbocycles. The molecule has 0 saturated heterocycles. The summed E-state index contributed by atoms with van der Waals surface area (Å²) in [4.78, 5) is 33.5. The number of pyridine rings is 2. The quantitative estimate of drug-likeness (QED) is 0.601. The molecule has 0 aliphatic carbocycles. The second kappa shape index (κ2) is 8.93. The Labute approximate surface area is 157 Å². The molecule has 0 fully saturated rings. The molecule has 0 atom stereocenters. The molecule has 0 saturated carbocycles. The number of carbonyl (C=O) groups excluding carboxylic acids is 2. The van der Waals surface area contributed by atoms with E-state index in [0.29, 0.717) is 18.6 Å². The second-order valence-electron chi connectivity index (χ2n) is 6.25. The normalized spacial score (nSPS) is 10.7. The maximum Gasteiger partial charge on any atom is 0.287 e. The van der Waals surface area contributed by atoms with Gasteiger partial charge in [-0.1, -0.05) is 31.9 Å². The molecule has 3 heterocycles. The highest BCUT2D eigenvalue weighted by Gasteiger charge is 2.21. The maximum atomic E-state index is 12.6. The van der Waals surface area contributed by atoms with E-state index in [0.717, 1.165) is 24.8 Å². The molecule has 0 bridgehead atoms. The summed E-state index contributed by atoms with van der Waals surface area (Å²) in [6.07, 6.45) is 8.18. The van der Waals surface area contributed by atoms with Crippen molar-refractivity contribution in [2.45, 2.75) is 32.7 Å². The van der Waals surface area contributed by atoms with Gasteiger partial charge < -0.3 is 10.6 Å². The fourth-order valence-corrected chi connectivity index (χ4v) is 2.79. The van der Waals surface area contributed by atoms with Gasteiger partial charge in [-0.3, -0.25) is 19.0 Å². The fraction of sp³-hybridized carbons (Fsp3) is 0.300. The lowest BCUT2D eigenvalue weighted by Gasteiger charge is -2.03. The Kier molecular flexibility index (Phi) is 6.14. The van der Waals surface area contributed by atoms with Crippen LogP contribution >= 0.6 is 0 Å². The van der Waals surface area contributed by atoms with Crippen molar-refractivity contribution in [1.29, 1.82) is 0 Å². The monoisotopic (exact) mass is 365 g/mol. The Morgan fingerprint density at radius 2 is 1.96 bits per heavy atom. The van der Waals surface area contributed by atoms with Gasteiger partial charge in [-0.2, -0.15) is 0 Å². The summed E-state index contributed by atoms with van der Waals surface area (Å²) >= 11 is 0. The SMILES string of the molecule is CCCCCNC(=O)c1nc(C(=O)NCc2cccnc2)c2ccccn12. The van der Waals surface area contributed by atoms with Gasteiger partial charge in [0.2, 0.25) is 5.82 Å². The molecule has 3 rings (SSSR count). The molecule has 140 valence electrons. The third-order valence-corrected chi connectivity index (χ3v) is 4.21. The molecule has 0 aliphatic rings. The van der Waals surface area contributed by atoms with Crippen LogP contribution in [0, 0.1) is 0 Å². The molecule has 27 heavy (non-hydrogen) atoms. The van der Waals surface area contributed by atoms with Crippen LogP contribution in [0.3, 0.4) is 0 Å². The van der Waals surface area contributed by atoms with E-state index in [1.165, 1.54) is 0 Å². The van der Waals surface area contributed by atoms with Gasteiger partial charge in [-0.05, 0) is 30.2 Å². The van der Waals surface area contributed by atoms with Gasteiger partial charge in [0.05, 0.1) is 5.52 Å². The van der Waals surface area contributed by atoms with Crippen LogP contribution in [0.5, 0.6) is 0 Å². The van der Waals surface area contributed by atoms with Crippen LogP contribution in [0.2, 0.25) is 0 Å². The van der Waals surface area contributed by atoms with E-state index >= 15 is 0 Å². The minimum absolute atomic E-state index is 0.216. The Hall–Kier alpha value is -3.22. The zero-order chi connectivity index (χ0) is 19.1. The third-order valence-electron chi connectivity index (χ3n) is 4.21. The van der Waals surface area contributed by atoms with E-state index in [4.69, 9.17) is 0 Å². The van der Waals surface area contributed by atoms with Crippen molar-refractivity contribution in [3.05, 3.63) is 66.0 Å². The van der Waals surface area contributed by atoms with Crippen LogP contribution in [0.15, 0.2) is 48.9 Å². The first-order chi connectivity index (χ1) is 13.2. The van der Waals surface area contributed by atoms with Gasteiger partial charge in [0.25, 0.3) is 11.8 Å². The molecule has 0 unspecified atom stereocenters. The molecule has 2 amide bonds. The minimum atomic E-state index is -0.326. The molecule has 0 aliphatic heterocycles. The number of nitrogens with zero attached hydrogens (tertiary/aromatic N) is 3. The number of nitrogens with one attached hydrogen (secondary N) is 2. The maximum absolute atomic E-state index is 12.6. The highest BCUT2D eigenvalue weighted by atomic mass is 16.2. The lowest BCUT2D eigenvalue weighted by molar-refractivity contribution is 0.0941. The summed E-state index contributed by atoms with van der Waals surface area (Å²) in [5.74, 6) is -0.389. The number of amides is 2. The average Bonchev–Trinajstić information content (AvgIpc) is 3.10. The van der Waals surface area contributed by atoms with Crippen LogP contribution in [0.1, 0.15) is 52.9 Å². The Morgan fingerprint density at radius 1 is 1.07 bits per heavy atom. The molecule has 0 spiro atoms. The van der Waals surface area contributed by atoms with Gasteiger partial charge in [0, 0.05) is 31.7 Å². The van der Waals surface area contributed by atoms with Crippen LogP contribution in [-0.4, -0.2) is 32.7 Å². The molecule has 7 heteroatoms. The molecule has 2 N–H and O–H groups in total. The van der Waals surface area contributed by atoms with Crippen LogP contribution in [-0.2, 0) is 6.54 Å². The fourth-order valence-electron chi connectivity index (χ4n) is 2.79. The predicted molar refractivity (Wildman–Crippen MR) is 102 cm³/mol. The molecular formula is C20H23N5O2. The third kappa shape index (κ3) is 4.49. The molecule has 7 nitrogen and oxygen atoms in total. The number of hydrogen-bond acceptors (Lipinski definition) is 4. The largest absolute Gasteiger partial charge is 0.349 e. The van der Waals surface area contributed by atoms with E-state index in [-0.39, 0.29) is 23.3 Å². The molecule has 3 aromatic rings. The summed E-state index contributed by atoms with van der Waals surface area (Å²) < 4.78 is 1.65. The molecule has 3 aromatic heterocycles. The van der Waals surface area contributed by atoms with Crippen molar-refractivity contribution >= 4 is 17.3 Å². The van der Waals surface area contributed by atoms with Crippen molar-refractivity contribution in [1.82, 2.24) is 25.0 Å². The van der Waals surface area contributed by atoms with Gasteiger partial charge >= 0.3 is 0 Å². The lowest BCUT2D eigenvalue weighted by atomic mass is 10.2. The number of unbranched alkanes of at least 4 members (excludes halogenated alkanes) is 2. The highest BCUT2D eigenvalue weighted by Crippen LogP contribution is 2.13. The summed E-state index contributed by atoms with van der Waals surface area (Å²) in [7, 11) is 0. The van der Waals surface area contributed by atoms with E-state index < -0.39 is 0 Å². The van der Waals surface area contributed by atoms with Crippen molar-refractivity contribution in [2.75, 3.05) is 6.54 Å². The summed E-state index contributed by atoms with van der Waals surface area (Å²) in [6, 6.07) is 9.10. The van der Waals surface area contributed by atoms with E-state index in [2.05, 4.69) is 27.5 Å². The zero-order valence-corrected chi connectivity index (χ0v) is 15.3. The van der Waals surface area contributed by atoms with Crippen LogP contribution < -0.4 is 10.6 Å². The van der Waals surface area contributed by atoms with Crippen molar-refractivity contribution in [2.24, 2.45) is 0 Å². The lowest BCUT2D eigenvalue weighted by Crippen LogP contribution is -2.27. The highest BCUT2D eigenvalue weighted by molar-refractivity contribution is 6.02. The smallest absolute Gasteiger partial charge is 0.287 e. The van der Waals surface area contributed by atoms with Gasteiger partial charge in [0.1, 0.15) is 0 Å². The number of hydrogen-bond donors (Lipinski definition) is 2. The summed E-state index contributed by atoms with van der Waals surface area (Å²) in [5.41, 5.74) is 1.72. The Bertz CT molecular complexity index is 921. The predicted octanol–water partition coefficient (Wildman–Crippen LogP) is 2.58. The zero-order valence-electron chi connectivity index (χ0n) is 15.3. The number of carbonyl (C=O) groups is 2. The van der Waals surface area contributed by atoms with Crippen LogP contribution in [0.25, 0.3) is 5.52 Å². The Morgan fingerprint density at radius 3 is 2.74 bits per heavy atom. The Balaban J connectivity index is 1.77. The number of aromatic nitrogens is 3. The van der Waals surface area contributed by atoms with E-state index in [1.807, 2.05) is 18.2 Å². The van der Waals surface area contributed by atoms with Crippen LogP contribution in [0.4, 0.5) is 0 Å². The van der Waals surface area contributed by atoms with E-state index in [1.54, 1.807) is 35.1 Å². The molecular weight excluding hydrogens is 342 g/mol. The first-order valence-electron chi connectivity index (χ1n) is 9.13. The van der Waals surface area contributed by atoms with Gasteiger partial charge in [-0.25, -0.2) is 4.98 Å². The second-order valence-corrected chi connectivity index (χ2v) is 6.25. The first kappa shape index (κ1) is 18.6. The van der Waals surface area contributed by atoms with Crippen molar-refractivity contribution in [3.8, 4) is 0 Å². The van der Waals surface area contributed by atoms with Crippen molar-refractivity contribution in [3.63, 3.8) is 0 Å². The van der Waals surface area contributed by atoms with Gasteiger partial charge in [-0.15, -0.1) is 0 Å². The number of rotatable bonds is 8.